The molecule has 0 aliphatic rings. The summed E-state index contributed by atoms with van der Waals surface area (Å²) in [5, 5.41) is 4.64. The van der Waals surface area contributed by atoms with Crippen LogP contribution in [0.25, 0.3) is 0 Å². The zero-order valence-corrected chi connectivity index (χ0v) is 13.1. The molecule has 7 heteroatoms. The van der Waals surface area contributed by atoms with Crippen LogP contribution in [-0.2, 0) is 4.74 Å². The van der Waals surface area contributed by atoms with Gasteiger partial charge < -0.3 is 15.0 Å². The number of esters is 1. The SMILES string of the molecule is CCOC(=O)c1nc(C(=O)NC(C)CCN(C)C)cs1. The molecule has 1 N–H and O–H groups in total. The van der Waals surface area contributed by atoms with Gasteiger partial charge in [-0.2, -0.15) is 0 Å². The zero-order chi connectivity index (χ0) is 15.1. The quantitative estimate of drug-likeness (QED) is 0.770. The highest BCUT2D eigenvalue weighted by Gasteiger charge is 2.17. The van der Waals surface area contributed by atoms with Crippen molar-refractivity contribution in [2.75, 3.05) is 27.2 Å². The normalized spacial score (nSPS) is 12.2. The molecule has 6 nitrogen and oxygen atoms in total. The average Bonchev–Trinajstić information content (AvgIpc) is 2.86. The van der Waals surface area contributed by atoms with Crippen LogP contribution in [0.2, 0.25) is 0 Å². The van der Waals surface area contributed by atoms with Crippen molar-refractivity contribution in [1.29, 1.82) is 0 Å². The van der Waals surface area contributed by atoms with Crippen molar-refractivity contribution in [2.45, 2.75) is 26.3 Å². The number of hydrogen-bond acceptors (Lipinski definition) is 6. The van der Waals surface area contributed by atoms with Crippen LogP contribution in [-0.4, -0.2) is 55.0 Å². The number of nitrogens with one attached hydrogen (secondary N) is 1. The average molecular weight is 299 g/mol. The van der Waals surface area contributed by atoms with Crippen LogP contribution < -0.4 is 5.32 Å². The van der Waals surface area contributed by atoms with Crippen molar-refractivity contribution < 1.29 is 14.3 Å². The van der Waals surface area contributed by atoms with Crippen molar-refractivity contribution in [3.05, 3.63) is 16.1 Å². The lowest BCUT2D eigenvalue weighted by molar-refractivity contribution is 0.0526. The summed E-state index contributed by atoms with van der Waals surface area (Å²) in [6, 6.07) is 0.0534. The Morgan fingerprint density at radius 3 is 2.80 bits per heavy atom. The number of rotatable bonds is 7. The summed E-state index contributed by atoms with van der Waals surface area (Å²) in [5.41, 5.74) is 0.259. The van der Waals surface area contributed by atoms with Crippen molar-refractivity contribution in [2.24, 2.45) is 0 Å². The Morgan fingerprint density at radius 1 is 1.50 bits per heavy atom. The molecule has 1 amide bonds. The van der Waals surface area contributed by atoms with E-state index in [1.807, 2.05) is 21.0 Å². The fourth-order valence-electron chi connectivity index (χ4n) is 1.49. The number of hydrogen-bond donors (Lipinski definition) is 1. The second kappa shape index (κ2) is 7.96. The minimum Gasteiger partial charge on any atom is -0.461 e. The lowest BCUT2D eigenvalue weighted by Crippen LogP contribution is -2.35. The van der Waals surface area contributed by atoms with Gasteiger partial charge in [-0.15, -0.1) is 11.3 Å². The second-order valence-corrected chi connectivity index (χ2v) is 5.58. The molecule has 0 fully saturated rings. The lowest BCUT2D eigenvalue weighted by Gasteiger charge is -2.15. The zero-order valence-electron chi connectivity index (χ0n) is 12.3. The van der Waals surface area contributed by atoms with E-state index >= 15 is 0 Å². The fourth-order valence-corrected chi connectivity index (χ4v) is 2.18. The Labute approximate surface area is 123 Å². The van der Waals surface area contributed by atoms with E-state index in [9.17, 15) is 9.59 Å². The first kappa shape index (κ1) is 16.6. The Morgan fingerprint density at radius 2 is 2.20 bits per heavy atom. The van der Waals surface area contributed by atoms with Gasteiger partial charge in [0.25, 0.3) is 5.91 Å². The third-order valence-electron chi connectivity index (χ3n) is 2.57. The second-order valence-electron chi connectivity index (χ2n) is 4.72. The molecule has 0 spiro atoms. The van der Waals surface area contributed by atoms with Crippen LogP contribution in [0, 0.1) is 0 Å². The smallest absolute Gasteiger partial charge is 0.367 e. The maximum Gasteiger partial charge on any atom is 0.367 e. The van der Waals surface area contributed by atoms with E-state index in [1.165, 1.54) is 0 Å². The van der Waals surface area contributed by atoms with Crippen LogP contribution >= 0.6 is 11.3 Å². The van der Waals surface area contributed by atoms with Gasteiger partial charge in [0.15, 0.2) is 0 Å². The predicted octanol–water partition coefficient (Wildman–Crippen LogP) is 1.39. The molecule has 0 radical (unpaired) electrons. The highest BCUT2D eigenvalue weighted by atomic mass is 32.1. The number of aromatic nitrogens is 1. The number of carbonyl (C=O) groups excluding carboxylic acids is 2. The minimum atomic E-state index is -0.489. The fraction of sp³-hybridized carbons (Fsp3) is 0.615. The summed E-state index contributed by atoms with van der Waals surface area (Å²) in [6.07, 6.45) is 0.855. The molecule has 0 aromatic carbocycles. The number of thiazole rings is 1. The highest BCUT2D eigenvalue weighted by molar-refractivity contribution is 7.11. The van der Waals surface area contributed by atoms with E-state index in [-0.39, 0.29) is 22.7 Å². The van der Waals surface area contributed by atoms with E-state index in [1.54, 1.807) is 12.3 Å². The molecule has 1 rings (SSSR count). The summed E-state index contributed by atoms with van der Waals surface area (Å²) >= 11 is 1.12. The van der Waals surface area contributed by atoms with Gasteiger partial charge in [0.1, 0.15) is 5.69 Å². The third-order valence-corrected chi connectivity index (χ3v) is 3.40. The Hall–Kier alpha value is -1.47. The molecule has 0 saturated heterocycles. The van der Waals surface area contributed by atoms with Gasteiger partial charge >= 0.3 is 5.97 Å². The van der Waals surface area contributed by atoms with Gasteiger partial charge in [0.2, 0.25) is 5.01 Å². The maximum atomic E-state index is 12.0. The molecular formula is C13H21N3O3S. The monoisotopic (exact) mass is 299 g/mol. The predicted molar refractivity (Wildman–Crippen MR) is 78.2 cm³/mol. The Balaban J connectivity index is 2.53. The number of amides is 1. The topological polar surface area (TPSA) is 71.5 Å². The van der Waals surface area contributed by atoms with Gasteiger partial charge in [-0.1, -0.05) is 0 Å². The van der Waals surface area contributed by atoms with Gasteiger partial charge in [-0.05, 0) is 40.9 Å². The molecule has 1 aromatic rings. The first-order valence-electron chi connectivity index (χ1n) is 6.52. The van der Waals surface area contributed by atoms with Crippen LogP contribution in [0.3, 0.4) is 0 Å². The van der Waals surface area contributed by atoms with E-state index in [0.29, 0.717) is 6.61 Å². The number of ether oxygens (including phenoxy) is 1. The van der Waals surface area contributed by atoms with Crippen molar-refractivity contribution in [3.63, 3.8) is 0 Å². The van der Waals surface area contributed by atoms with Crippen molar-refractivity contribution in [1.82, 2.24) is 15.2 Å². The summed E-state index contributed by atoms with van der Waals surface area (Å²) in [6.45, 7) is 4.86. The number of nitrogens with zero attached hydrogens (tertiary/aromatic N) is 2. The Kier molecular flexibility index (Phi) is 6.60. The van der Waals surface area contributed by atoms with Gasteiger partial charge in [-0.3, -0.25) is 4.79 Å². The first-order chi connectivity index (χ1) is 9.43. The van der Waals surface area contributed by atoms with E-state index < -0.39 is 5.97 Å². The molecule has 0 aliphatic heterocycles. The number of carbonyl (C=O) groups is 2. The van der Waals surface area contributed by atoms with Gasteiger partial charge in [0, 0.05) is 11.4 Å². The summed E-state index contributed by atoms with van der Waals surface area (Å²) in [5.74, 6) is -0.750. The van der Waals surface area contributed by atoms with Crippen LogP contribution in [0.4, 0.5) is 0 Å². The van der Waals surface area contributed by atoms with E-state index in [4.69, 9.17) is 4.74 Å². The molecule has 1 aromatic heterocycles. The van der Waals surface area contributed by atoms with Crippen molar-refractivity contribution in [3.8, 4) is 0 Å². The summed E-state index contributed by atoms with van der Waals surface area (Å²) < 4.78 is 4.84. The van der Waals surface area contributed by atoms with Gasteiger partial charge in [-0.25, -0.2) is 9.78 Å². The standard InChI is InChI=1S/C13H21N3O3S/c1-5-19-13(18)12-15-10(8-20-12)11(17)14-9(2)6-7-16(3)4/h8-9H,5-7H2,1-4H3,(H,14,17). The maximum absolute atomic E-state index is 12.0. The minimum absolute atomic E-state index is 0.0534. The molecule has 0 aliphatic carbocycles. The molecule has 1 heterocycles. The van der Waals surface area contributed by atoms with E-state index in [2.05, 4.69) is 15.2 Å². The molecule has 112 valence electrons. The Bertz CT molecular complexity index is 459. The molecule has 1 unspecified atom stereocenters. The van der Waals surface area contributed by atoms with E-state index in [0.717, 1.165) is 24.3 Å². The first-order valence-corrected chi connectivity index (χ1v) is 7.40. The van der Waals surface area contributed by atoms with Crippen LogP contribution in [0.15, 0.2) is 5.38 Å². The highest BCUT2D eigenvalue weighted by Crippen LogP contribution is 2.11. The summed E-state index contributed by atoms with van der Waals surface area (Å²) in [4.78, 5) is 29.5. The molecule has 1 atom stereocenters. The van der Waals surface area contributed by atoms with Crippen LogP contribution in [0.5, 0.6) is 0 Å². The third kappa shape index (κ3) is 5.26. The molecule has 0 saturated carbocycles. The van der Waals surface area contributed by atoms with Crippen LogP contribution in [0.1, 0.15) is 40.6 Å². The largest absolute Gasteiger partial charge is 0.461 e. The molecular weight excluding hydrogens is 278 g/mol. The summed E-state index contributed by atoms with van der Waals surface area (Å²) in [7, 11) is 3.97. The molecule has 20 heavy (non-hydrogen) atoms. The molecule has 0 bridgehead atoms. The lowest BCUT2D eigenvalue weighted by atomic mass is 10.2. The van der Waals surface area contributed by atoms with Gasteiger partial charge in [0.05, 0.1) is 6.61 Å². The van der Waals surface area contributed by atoms with Crippen molar-refractivity contribution >= 4 is 23.2 Å².